The number of esters is 1. The topological polar surface area (TPSA) is 55.8 Å². The third-order valence-electron chi connectivity index (χ3n) is 4.98. The molecular formula is C26H20BrNO4S2. The SMILES string of the molecule is CCOc1cc(/C=C2\SC(=S)N(c3ccccc3C)C2=O)ccc1OC(=O)c1cccc(Br)c1. The predicted molar refractivity (Wildman–Crippen MR) is 144 cm³/mol. The number of benzene rings is 3. The van der Waals surface area contributed by atoms with E-state index in [-0.39, 0.29) is 5.91 Å². The predicted octanol–water partition coefficient (Wildman–Crippen LogP) is 6.78. The molecule has 0 aliphatic carbocycles. The smallest absolute Gasteiger partial charge is 0.343 e. The molecule has 5 nitrogen and oxygen atoms in total. The number of hydrogen-bond donors (Lipinski definition) is 0. The lowest BCUT2D eigenvalue weighted by atomic mass is 10.1. The Morgan fingerprint density at radius 1 is 1.09 bits per heavy atom. The first-order valence-corrected chi connectivity index (χ1v) is 12.5. The van der Waals surface area contributed by atoms with Crippen molar-refractivity contribution in [3.63, 3.8) is 0 Å². The monoisotopic (exact) mass is 553 g/mol. The van der Waals surface area contributed by atoms with Gasteiger partial charge < -0.3 is 9.47 Å². The summed E-state index contributed by atoms with van der Waals surface area (Å²) in [6, 6.07) is 19.8. The molecule has 4 rings (SSSR count). The van der Waals surface area contributed by atoms with E-state index in [4.69, 9.17) is 21.7 Å². The zero-order chi connectivity index (χ0) is 24.2. The largest absolute Gasteiger partial charge is 0.490 e. The Balaban J connectivity index is 1.60. The summed E-state index contributed by atoms with van der Waals surface area (Å²) in [7, 11) is 0. The number of para-hydroxylation sites is 1. The van der Waals surface area contributed by atoms with Crippen LogP contribution in [0.4, 0.5) is 5.69 Å². The van der Waals surface area contributed by atoms with E-state index in [9.17, 15) is 9.59 Å². The lowest BCUT2D eigenvalue weighted by molar-refractivity contribution is -0.113. The fourth-order valence-corrected chi connectivity index (χ4v) is 5.07. The molecule has 0 bridgehead atoms. The molecule has 0 radical (unpaired) electrons. The molecular weight excluding hydrogens is 534 g/mol. The van der Waals surface area contributed by atoms with Crippen molar-refractivity contribution in [3.8, 4) is 11.5 Å². The number of amides is 1. The Hall–Kier alpha value is -2.94. The number of carbonyl (C=O) groups excluding carboxylic acids is 2. The Morgan fingerprint density at radius 3 is 2.62 bits per heavy atom. The van der Waals surface area contributed by atoms with E-state index in [0.717, 1.165) is 21.3 Å². The van der Waals surface area contributed by atoms with Gasteiger partial charge in [0.05, 0.1) is 22.8 Å². The second-order valence-corrected chi connectivity index (χ2v) is 9.93. The van der Waals surface area contributed by atoms with Gasteiger partial charge in [0.15, 0.2) is 15.8 Å². The summed E-state index contributed by atoms with van der Waals surface area (Å²) in [6.45, 7) is 4.18. The molecule has 0 saturated carbocycles. The average molecular weight is 554 g/mol. The van der Waals surface area contributed by atoms with Crippen molar-refractivity contribution in [1.82, 2.24) is 0 Å². The van der Waals surface area contributed by atoms with E-state index < -0.39 is 5.97 Å². The van der Waals surface area contributed by atoms with Gasteiger partial charge in [-0.25, -0.2) is 4.79 Å². The van der Waals surface area contributed by atoms with Gasteiger partial charge in [-0.05, 0) is 67.4 Å². The van der Waals surface area contributed by atoms with Crippen molar-refractivity contribution < 1.29 is 19.1 Å². The van der Waals surface area contributed by atoms with Gasteiger partial charge in [-0.15, -0.1) is 0 Å². The molecule has 1 amide bonds. The molecule has 0 spiro atoms. The van der Waals surface area contributed by atoms with Crippen molar-refractivity contribution in [3.05, 3.63) is 92.8 Å². The highest BCUT2D eigenvalue weighted by Gasteiger charge is 2.34. The maximum absolute atomic E-state index is 13.1. The van der Waals surface area contributed by atoms with Crippen LogP contribution in [0.3, 0.4) is 0 Å². The minimum absolute atomic E-state index is 0.174. The van der Waals surface area contributed by atoms with E-state index in [2.05, 4.69) is 15.9 Å². The Kier molecular flexibility index (Phi) is 7.50. The van der Waals surface area contributed by atoms with E-state index in [1.54, 1.807) is 47.4 Å². The quantitative estimate of drug-likeness (QED) is 0.145. The van der Waals surface area contributed by atoms with Gasteiger partial charge >= 0.3 is 5.97 Å². The average Bonchev–Trinajstić information content (AvgIpc) is 3.08. The van der Waals surface area contributed by atoms with Crippen LogP contribution < -0.4 is 14.4 Å². The molecule has 1 heterocycles. The van der Waals surface area contributed by atoms with Gasteiger partial charge in [-0.1, -0.05) is 70.2 Å². The highest BCUT2D eigenvalue weighted by molar-refractivity contribution is 9.10. The Bertz CT molecular complexity index is 1320. The van der Waals surface area contributed by atoms with E-state index >= 15 is 0 Å². The van der Waals surface area contributed by atoms with Crippen LogP contribution in [0.25, 0.3) is 6.08 Å². The zero-order valence-electron chi connectivity index (χ0n) is 18.4. The second-order valence-electron chi connectivity index (χ2n) is 7.34. The number of carbonyl (C=O) groups is 2. The van der Waals surface area contributed by atoms with Crippen LogP contribution in [0.1, 0.15) is 28.4 Å². The molecule has 0 unspecified atom stereocenters. The summed E-state index contributed by atoms with van der Waals surface area (Å²) in [6.07, 6.45) is 1.76. The fourth-order valence-electron chi connectivity index (χ4n) is 3.38. The van der Waals surface area contributed by atoms with E-state index in [1.165, 1.54) is 11.8 Å². The summed E-state index contributed by atoms with van der Waals surface area (Å²) in [5.41, 5.74) is 2.89. The lowest BCUT2D eigenvalue weighted by Gasteiger charge is -2.16. The molecule has 1 fully saturated rings. The molecule has 3 aromatic rings. The fraction of sp³-hybridized carbons (Fsp3) is 0.115. The molecule has 8 heteroatoms. The first kappa shape index (κ1) is 24.2. The van der Waals surface area contributed by atoms with Gasteiger partial charge in [0.2, 0.25) is 0 Å². The number of rotatable bonds is 6. The van der Waals surface area contributed by atoms with Crippen LogP contribution in [0, 0.1) is 6.92 Å². The van der Waals surface area contributed by atoms with Crippen molar-refractivity contribution in [1.29, 1.82) is 0 Å². The first-order chi connectivity index (χ1) is 16.4. The number of thiocarbonyl (C=S) groups is 1. The minimum atomic E-state index is -0.492. The van der Waals surface area contributed by atoms with Crippen LogP contribution in [0.2, 0.25) is 0 Å². The molecule has 1 aliphatic rings. The van der Waals surface area contributed by atoms with Gasteiger partial charge in [-0.3, -0.25) is 9.69 Å². The standard InChI is InChI=1S/C26H20BrNO4S2/c1-3-31-22-13-17(11-12-21(22)32-25(30)18-8-6-9-19(27)15-18)14-23-24(29)28(26(33)34-23)20-10-5-4-7-16(20)2/h4-15H,3H2,1-2H3/b23-14-. The van der Waals surface area contributed by atoms with Gasteiger partial charge in [0.25, 0.3) is 5.91 Å². The minimum Gasteiger partial charge on any atom is -0.490 e. The zero-order valence-corrected chi connectivity index (χ0v) is 21.6. The normalized spacial score (nSPS) is 14.6. The van der Waals surface area contributed by atoms with Crippen molar-refractivity contribution in [2.45, 2.75) is 13.8 Å². The summed E-state index contributed by atoms with van der Waals surface area (Å²) >= 11 is 10.1. The molecule has 1 saturated heterocycles. The number of ether oxygens (including phenoxy) is 2. The van der Waals surface area contributed by atoms with E-state index in [0.29, 0.717) is 32.9 Å². The van der Waals surface area contributed by atoms with Crippen LogP contribution >= 0.6 is 39.9 Å². The third-order valence-corrected chi connectivity index (χ3v) is 6.77. The number of aryl methyl sites for hydroxylation is 1. The summed E-state index contributed by atoms with van der Waals surface area (Å²) in [4.78, 5) is 27.8. The number of thioether (sulfide) groups is 1. The molecule has 34 heavy (non-hydrogen) atoms. The highest BCUT2D eigenvalue weighted by atomic mass is 79.9. The van der Waals surface area contributed by atoms with Crippen molar-refractivity contribution in [2.75, 3.05) is 11.5 Å². The number of hydrogen-bond acceptors (Lipinski definition) is 6. The number of halogens is 1. The molecule has 0 atom stereocenters. The summed E-state index contributed by atoms with van der Waals surface area (Å²) in [5, 5.41) is 0. The third kappa shape index (κ3) is 5.24. The maximum atomic E-state index is 13.1. The van der Waals surface area contributed by atoms with Crippen LogP contribution in [-0.2, 0) is 4.79 Å². The highest BCUT2D eigenvalue weighted by Crippen LogP contribution is 2.38. The van der Waals surface area contributed by atoms with Crippen LogP contribution in [-0.4, -0.2) is 22.8 Å². The van der Waals surface area contributed by atoms with Crippen molar-refractivity contribution in [2.24, 2.45) is 0 Å². The maximum Gasteiger partial charge on any atom is 0.343 e. The Morgan fingerprint density at radius 2 is 1.88 bits per heavy atom. The van der Waals surface area contributed by atoms with Gasteiger partial charge in [0, 0.05) is 4.47 Å². The van der Waals surface area contributed by atoms with Crippen LogP contribution in [0.5, 0.6) is 11.5 Å². The number of nitrogens with zero attached hydrogens (tertiary/aromatic N) is 1. The first-order valence-electron chi connectivity index (χ1n) is 10.5. The van der Waals surface area contributed by atoms with E-state index in [1.807, 2.05) is 44.2 Å². The molecule has 3 aromatic carbocycles. The summed E-state index contributed by atoms with van der Waals surface area (Å²) in [5.74, 6) is 0.0481. The Labute approximate surface area is 215 Å². The second kappa shape index (κ2) is 10.5. The lowest BCUT2D eigenvalue weighted by Crippen LogP contribution is -2.28. The van der Waals surface area contributed by atoms with Crippen LogP contribution in [0.15, 0.2) is 76.1 Å². The van der Waals surface area contributed by atoms with Crippen molar-refractivity contribution >= 4 is 67.9 Å². The molecule has 1 aliphatic heterocycles. The molecule has 0 N–H and O–H groups in total. The number of anilines is 1. The summed E-state index contributed by atoms with van der Waals surface area (Å²) < 4.78 is 12.6. The van der Waals surface area contributed by atoms with Gasteiger partial charge in [-0.2, -0.15) is 0 Å². The van der Waals surface area contributed by atoms with Gasteiger partial charge in [0.1, 0.15) is 0 Å². The molecule has 172 valence electrons. The molecule has 0 aromatic heterocycles.